The molecule has 0 fully saturated rings. The third-order valence-electron chi connectivity index (χ3n) is 2.65. The Morgan fingerprint density at radius 1 is 1.22 bits per heavy atom. The summed E-state index contributed by atoms with van der Waals surface area (Å²) in [6.07, 6.45) is 2.37. The van der Waals surface area contributed by atoms with Crippen molar-refractivity contribution in [2.45, 2.75) is 12.5 Å². The van der Waals surface area contributed by atoms with Crippen molar-refractivity contribution in [3.8, 4) is 0 Å². The van der Waals surface area contributed by atoms with Gasteiger partial charge >= 0.3 is 0 Å². The summed E-state index contributed by atoms with van der Waals surface area (Å²) in [7, 11) is 0. The number of hydrogen-bond donors (Lipinski definition) is 2. The number of benzene rings is 1. The van der Waals surface area contributed by atoms with Crippen molar-refractivity contribution in [1.29, 1.82) is 0 Å². The molecule has 5 heteroatoms. The van der Waals surface area contributed by atoms with Crippen LogP contribution >= 0.6 is 23.2 Å². The number of aromatic nitrogens is 1. The summed E-state index contributed by atoms with van der Waals surface area (Å²) in [6.45, 7) is 0. The summed E-state index contributed by atoms with van der Waals surface area (Å²) in [6, 6.07) is 11.1. The average molecular weight is 282 g/mol. The first-order valence-corrected chi connectivity index (χ1v) is 6.27. The summed E-state index contributed by atoms with van der Waals surface area (Å²) < 4.78 is 0. The van der Waals surface area contributed by atoms with Gasteiger partial charge in [0.1, 0.15) is 0 Å². The number of rotatable bonds is 4. The fourth-order valence-corrected chi connectivity index (χ4v) is 2.25. The van der Waals surface area contributed by atoms with E-state index in [1.54, 1.807) is 18.3 Å². The van der Waals surface area contributed by atoms with Crippen LogP contribution in [0.25, 0.3) is 0 Å². The Hall–Kier alpha value is -1.13. The molecular formula is C13H13Cl2N3. The van der Waals surface area contributed by atoms with Gasteiger partial charge in [-0.2, -0.15) is 0 Å². The summed E-state index contributed by atoms with van der Waals surface area (Å²) in [5.74, 6) is 5.58. The van der Waals surface area contributed by atoms with Crippen molar-refractivity contribution in [2.75, 3.05) is 0 Å². The largest absolute Gasteiger partial charge is 0.271 e. The van der Waals surface area contributed by atoms with Crippen LogP contribution in [0.4, 0.5) is 0 Å². The zero-order valence-electron chi connectivity index (χ0n) is 9.61. The maximum Gasteiger partial charge on any atom is 0.0775 e. The van der Waals surface area contributed by atoms with Gasteiger partial charge in [-0.15, -0.1) is 0 Å². The zero-order valence-corrected chi connectivity index (χ0v) is 11.1. The van der Waals surface area contributed by atoms with Crippen LogP contribution in [0.2, 0.25) is 10.0 Å². The smallest absolute Gasteiger partial charge is 0.0775 e. The highest BCUT2D eigenvalue weighted by Gasteiger charge is 2.15. The third-order valence-corrected chi connectivity index (χ3v) is 3.20. The predicted molar refractivity (Wildman–Crippen MR) is 74.5 cm³/mol. The molecule has 1 aromatic carbocycles. The molecule has 0 spiro atoms. The van der Waals surface area contributed by atoms with Gasteiger partial charge in [0.05, 0.1) is 16.8 Å². The Balaban J connectivity index is 2.23. The Morgan fingerprint density at radius 2 is 2.06 bits per heavy atom. The third kappa shape index (κ3) is 3.21. The van der Waals surface area contributed by atoms with Crippen molar-refractivity contribution in [2.24, 2.45) is 5.84 Å². The number of hydrazine groups is 1. The first kappa shape index (κ1) is 13.3. The minimum absolute atomic E-state index is 0.142. The van der Waals surface area contributed by atoms with Gasteiger partial charge in [-0.3, -0.25) is 16.3 Å². The molecule has 0 aliphatic heterocycles. The fraction of sp³-hybridized carbons (Fsp3) is 0.154. The second-order valence-electron chi connectivity index (χ2n) is 3.92. The quantitative estimate of drug-likeness (QED) is 0.669. The van der Waals surface area contributed by atoms with E-state index >= 15 is 0 Å². The van der Waals surface area contributed by atoms with E-state index in [1.165, 1.54) is 0 Å². The van der Waals surface area contributed by atoms with Crippen LogP contribution in [0.5, 0.6) is 0 Å². The highest BCUT2D eigenvalue weighted by atomic mass is 35.5. The summed E-state index contributed by atoms with van der Waals surface area (Å²) in [5, 5.41) is 1.30. The lowest BCUT2D eigenvalue weighted by atomic mass is 10.0. The Morgan fingerprint density at radius 3 is 2.72 bits per heavy atom. The maximum atomic E-state index is 6.11. The van der Waals surface area contributed by atoms with E-state index in [0.717, 1.165) is 11.3 Å². The molecule has 3 N–H and O–H groups in total. The number of nitrogens with zero attached hydrogens (tertiary/aromatic N) is 1. The molecule has 1 heterocycles. The second kappa shape index (κ2) is 6.16. The molecule has 1 aromatic heterocycles. The minimum Gasteiger partial charge on any atom is -0.271 e. The van der Waals surface area contributed by atoms with Crippen molar-refractivity contribution in [3.63, 3.8) is 0 Å². The van der Waals surface area contributed by atoms with E-state index in [4.69, 9.17) is 29.0 Å². The molecule has 3 nitrogen and oxygen atoms in total. The van der Waals surface area contributed by atoms with Crippen LogP contribution < -0.4 is 11.3 Å². The minimum atomic E-state index is -0.142. The van der Waals surface area contributed by atoms with E-state index in [-0.39, 0.29) is 6.04 Å². The van der Waals surface area contributed by atoms with Crippen LogP contribution in [-0.2, 0) is 6.42 Å². The van der Waals surface area contributed by atoms with Gasteiger partial charge in [0.15, 0.2) is 0 Å². The van der Waals surface area contributed by atoms with Gasteiger partial charge < -0.3 is 0 Å². The molecule has 2 aromatic rings. The van der Waals surface area contributed by atoms with Crippen LogP contribution in [0.3, 0.4) is 0 Å². The Kier molecular flexibility index (Phi) is 4.55. The van der Waals surface area contributed by atoms with E-state index in [2.05, 4.69) is 10.4 Å². The van der Waals surface area contributed by atoms with E-state index in [9.17, 15) is 0 Å². The van der Waals surface area contributed by atoms with E-state index in [1.807, 2.05) is 24.3 Å². The first-order valence-electron chi connectivity index (χ1n) is 5.51. The monoisotopic (exact) mass is 281 g/mol. The van der Waals surface area contributed by atoms with Gasteiger partial charge in [0.2, 0.25) is 0 Å². The number of halogens is 2. The lowest BCUT2D eigenvalue weighted by Crippen LogP contribution is -2.30. The highest BCUT2D eigenvalue weighted by Crippen LogP contribution is 2.23. The molecule has 0 radical (unpaired) electrons. The van der Waals surface area contributed by atoms with Crippen molar-refractivity contribution < 1.29 is 0 Å². The van der Waals surface area contributed by atoms with Crippen LogP contribution in [0.15, 0.2) is 42.6 Å². The highest BCUT2D eigenvalue weighted by molar-refractivity contribution is 6.31. The predicted octanol–water partition coefficient (Wildman–Crippen LogP) is 3.14. The Labute approximate surface area is 116 Å². The SMILES string of the molecule is NNC(Cc1cccc(Cl)c1)c1ncccc1Cl. The Bertz CT molecular complexity index is 531. The van der Waals surface area contributed by atoms with Crippen molar-refractivity contribution in [3.05, 3.63) is 63.9 Å². The molecule has 0 aliphatic rings. The van der Waals surface area contributed by atoms with Gasteiger partial charge in [0.25, 0.3) is 0 Å². The van der Waals surface area contributed by atoms with Crippen LogP contribution in [-0.4, -0.2) is 4.98 Å². The molecule has 0 saturated carbocycles. The topological polar surface area (TPSA) is 50.9 Å². The normalized spacial score (nSPS) is 12.4. The lowest BCUT2D eigenvalue weighted by Gasteiger charge is -2.16. The molecular weight excluding hydrogens is 269 g/mol. The lowest BCUT2D eigenvalue weighted by molar-refractivity contribution is 0.538. The van der Waals surface area contributed by atoms with Gasteiger partial charge in [0, 0.05) is 11.2 Å². The van der Waals surface area contributed by atoms with E-state index in [0.29, 0.717) is 16.5 Å². The fourth-order valence-electron chi connectivity index (χ4n) is 1.79. The first-order chi connectivity index (χ1) is 8.70. The molecule has 0 saturated heterocycles. The van der Waals surface area contributed by atoms with Gasteiger partial charge in [-0.05, 0) is 36.2 Å². The molecule has 2 rings (SSSR count). The number of nitrogens with two attached hydrogens (primary N) is 1. The standard InChI is InChI=1S/C13H13Cl2N3/c14-10-4-1-3-9(7-10)8-12(18-16)13-11(15)5-2-6-17-13/h1-7,12,18H,8,16H2. The number of hydrogen-bond acceptors (Lipinski definition) is 3. The molecule has 18 heavy (non-hydrogen) atoms. The number of pyridine rings is 1. The van der Waals surface area contributed by atoms with Crippen molar-refractivity contribution >= 4 is 23.2 Å². The molecule has 0 bridgehead atoms. The zero-order chi connectivity index (χ0) is 13.0. The average Bonchev–Trinajstić information content (AvgIpc) is 2.37. The number of nitrogens with one attached hydrogen (secondary N) is 1. The molecule has 1 unspecified atom stereocenters. The van der Waals surface area contributed by atoms with Crippen molar-refractivity contribution in [1.82, 2.24) is 10.4 Å². The van der Waals surface area contributed by atoms with E-state index < -0.39 is 0 Å². The summed E-state index contributed by atoms with van der Waals surface area (Å²) in [5.41, 5.74) is 4.55. The molecule has 94 valence electrons. The van der Waals surface area contributed by atoms with Crippen LogP contribution in [0.1, 0.15) is 17.3 Å². The summed E-state index contributed by atoms with van der Waals surface area (Å²) in [4.78, 5) is 4.26. The van der Waals surface area contributed by atoms with Gasteiger partial charge in [-0.1, -0.05) is 35.3 Å². The molecule has 0 amide bonds. The van der Waals surface area contributed by atoms with Gasteiger partial charge in [-0.25, -0.2) is 0 Å². The second-order valence-corrected chi connectivity index (χ2v) is 4.77. The van der Waals surface area contributed by atoms with Crippen LogP contribution in [0, 0.1) is 0 Å². The summed E-state index contributed by atoms with van der Waals surface area (Å²) >= 11 is 12.1. The molecule has 1 atom stereocenters. The maximum absolute atomic E-state index is 6.11. The molecule has 0 aliphatic carbocycles.